The highest BCUT2D eigenvalue weighted by Gasteiger charge is 2.62. The Bertz CT molecular complexity index is 1900. The lowest BCUT2D eigenvalue weighted by atomic mass is 9.87. The third kappa shape index (κ3) is 15.7. The van der Waals surface area contributed by atoms with Crippen LogP contribution in [0, 0.1) is 13.8 Å². The second-order valence-corrected chi connectivity index (χ2v) is 16.7. The van der Waals surface area contributed by atoms with Gasteiger partial charge in [-0.15, -0.1) is 0 Å². The largest absolute Gasteiger partial charge is 0.462 e. The highest BCUT2D eigenvalue weighted by molar-refractivity contribution is 7.98. The van der Waals surface area contributed by atoms with E-state index in [1.54, 1.807) is 6.26 Å². The van der Waals surface area contributed by atoms with Crippen molar-refractivity contribution in [3.8, 4) is 0 Å². The molecule has 0 aromatic heterocycles. The Hall–Kier alpha value is -4.67. The first-order chi connectivity index (χ1) is 30.9. The van der Waals surface area contributed by atoms with E-state index in [2.05, 4.69) is 5.32 Å². The van der Waals surface area contributed by atoms with Crippen molar-refractivity contribution in [1.29, 1.82) is 0 Å². The second kappa shape index (κ2) is 25.3. The van der Waals surface area contributed by atoms with Gasteiger partial charge >= 0.3 is 29.8 Å². The molecule has 0 aliphatic carbocycles. The molecule has 2 aliphatic heterocycles. The van der Waals surface area contributed by atoms with Crippen LogP contribution in [0.15, 0.2) is 48.5 Å². The number of ether oxygens (including phenoxy) is 11. The van der Waals surface area contributed by atoms with E-state index in [0.29, 0.717) is 5.75 Å². The minimum absolute atomic E-state index is 0.0561. The normalized spacial score (nSPS) is 26.2. The minimum Gasteiger partial charge on any atom is -0.462 e. The van der Waals surface area contributed by atoms with Crippen LogP contribution in [0.1, 0.15) is 63.3 Å². The lowest BCUT2D eigenvalue weighted by Crippen LogP contribution is -2.71. The fourth-order valence-electron chi connectivity index (χ4n) is 7.29. The Kier molecular flexibility index (Phi) is 20.6. The van der Waals surface area contributed by atoms with Gasteiger partial charge in [-0.1, -0.05) is 59.7 Å². The van der Waals surface area contributed by atoms with Gasteiger partial charge in [0.25, 0.3) is 5.79 Å². The predicted octanol–water partition coefficient (Wildman–Crippen LogP) is 2.78. The molecule has 0 spiro atoms. The maximum atomic E-state index is 14.8. The van der Waals surface area contributed by atoms with Crippen LogP contribution in [0.25, 0.3) is 0 Å². The Balaban J connectivity index is 1.91. The summed E-state index contributed by atoms with van der Waals surface area (Å²) < 4.78 is 65.9. The van der Waals surface area contributed by atoms with E-state index >= 15 is 0 Å². The van der Waals surface area contributed by atoms with Gasteiger partial charge in [0.2, 0.25) is 5.91 Å². The molecule has 2 aliphatic rings. The number of benzene rings is 2. The molecule has 2 aromatic carbocycles. The topological polar surface area (TPSA) is 236 Å². The smallest absolute Gasteiger partial charge is 0.367 e. The molecule has 65 heavy (non-hydrogen) atoms. The Morgan fingerprint density at radius 2 is 1.45 bits per heavy atom. The van der Waals surface area contributed by atoms with Crippen molar-refractivity contribution in [3.05, 3.63) is 70.8 Å². The van der Waals surface area contributed by atoms with Gasteiger partial charge in [-0.05, 0) is 31.2 Å². The summed E-state index contributed by atoms with van der Waals surface area (Å²) in [6, 6.07) is 13.6. The third-order valence-corrected chi connectivity index (χ3v) is 10.8. The lowest BCUT2D eigenvalue weighted by Gasteiger charge is -2.51. The summed E-state index contributed by atoms with van der Waals surface area (Å²) in [7, 11) is 1.35. The Morgan fingerprint density at radius 1 is 0.831 bits per heavy atom. The molecular weight excluding hydrogens is 875 g/mol. The summed E-state index contributed by atoms with van der Waals surface area (Å²) in [5.41, 5.74) is 3.62. The van der Waals surface area contributed by atoms with Gasteiger partial charge in [0.15, 0.2) is 18.5 Å². The number of thioether (sulfide) groups is 1. The molecule has 2 fully saturated rings. The molecule has 4 rings (SSSR count). The molecule has 1 amide bonds. The standard InChI is InChI=1S/C45H61NO18S/c1-25-10-14-32(15-11-25)21-55-23-35-38(52)41(42(43(54-8)62-35)58-22-33-16-12-26(2)13-17-33)64-45(44(53)56-18-19-65-9)20-34(59-29(5)49)37(46-27(3)47)40(63-45)39(61-31(7)51)36(60-30(6)50)24-57-28(4)48/h10-17,34-43,52H,18-24H2,1-9H3,(H,46,47)/t34-,35+,36+,37+,38-,39+,40+,41-,42+,43+,45-/m0/s1. The van der Waals surface area contributed by atoms with Crippen molar-refractivity contribution in [2.45, 2.75) is 135 Å². The molecule has 0 radical (unpaired) electrons. The van der Waals surface area contributed by atoms with E-state index in [0.717, 1.165) is 56.9 Å². The lowest BCUT2D eigenvalue weighted by molar-refractivity contribution is -0.374. The number of hydrogen-bond donors (Lipinski definition) is 2. The number of esters is 5. The van der Waals surface area contributed by atoms with E-state index in [-0.39, 0.29) is 26.4 Å². The van der Waals surface area contributed by atoms with Crippen molar-refractivity contribution >= 4 is 47.5 Å². The van der Waals surface area contributed by atoms with Gasteiger partial charge in [0, 0.05) is 47.5 Å². The monoisotopic (exact) mass is 935 g/mol. The summed E-state index contributed by atoms with van der Waals surface area (Å²) in [4.78, 5) is 78.0. The van der Waals surface area contributed by atoms with Gasteiger partial charge in [0.1, 0.15) is 49.8 Å². The molecule has 2 heterocycles. The van der Waals surface area contributed by atoms with Crippen molar-refractivity contribution in [2.75, 3.05) is 38.9 Å². The average molecular weight is 936 g/mol. The summed E-state index contributed by atoms with van der Waals surface area (Å²) >= 11 is 1.36. The number of rotatable bonds is 22. The van der Waals surface area contributed by atoms with Crippen LogP contribution in [0.4, 0.5) is 0 Å². The van der Waals surface area contributed by atoms with E-state index < -0.39 is 116 Å². The summed E-state index contributed by atoms with van der Waals surface area (Å²) in [5.74, 6) is -7.78. The highest BCUT2D eigenvalue weighted by Crippen LogP contribution is 2.41. The van der Waals surface area contributed by atoms with E-state index in [1.807, 2.05) is 62.4 Å². The molecule has 0 bridgehead atoms. The summed E-state index contributed by atoms with van der Waals surface area (Å²) in [6.07, 6.45) is -12.8. The number of hydrogen-bond acceptors (Lipinski definition) is 19. The number of carbonyl (C=O) groups is 6. The minimum atomic E-state index is -2.71. The first-order valence-corrected chi connectivity index (χ1v) is 22.4. The van der Waals surface area contributed by atoms with Crippen LogP contribution >= 0.6 is 11.8 Å². The predicted molar refractivity (Wildman–Crippen MR) is 230 cm³/mol. The molecule has 19 nitrogen and oxygen atoms in total. The van der Waals surface area contributed by atoms with Crippen molar-refractivity contribution in [2.24, 2.45) is 0 Å². The number of aliphatic hydroxyl groups excluding tert-OH is 1. The number of methoxy groups -OCH3 is 1. The zero-order valence-electron chi connectivity index (χ0n) is 38.1. The Labute approximate surface area is 382 Å². The molecule has 11 atom stereocenters. The van der Waals surface area contributed by atoms with E-state index in [4.69, 9.17) is 52.1 Å². The third-order valence-electron chi connectivity index (χ3n) is 10.2. The summed E-state index contributed by atoms with van der Waals surface area (Å²) in [6.45, 7) is 8.29. The Morgan fingerprint density at radius 3 is 1.98 bits per heavy atom. The first-order valence-electron chi connectivity index (χ1n) is 21.0. The van der Waals surface area contributed by atoms with Crippen LogP contribution in [-0.2, 0) is 94.1 Å². The average Bonchev–Trinajstić information content (AvgIpc) is 3.24. The fraction of sp³-hybridized carbons (Fsp3) is 0.600. The van der Waals surface area contributed by atoms with Gasteiger partial charge in [-0.2, -0.15) is 11.8 Å². The van der Waals surface area contributed by atoms with Crippen molar-refractivity contribution < 1.29 is 86.0 Å². The van der Waals surface area contributed by atoms with Crippen molar-refractivity contribution in [3.63, 3.8) is 0 Å². The quantitative estimate of drug-likeness (QED) is 0.0981. The maximum absolute atomic E-state index is 14.8. The van der Waals surface area contributed by atoms with Crippen LogP contribution < -0.4 is 5.32 Å². The fourth-order valence-corrected chi connectivity index (χ4v) is 7.54. The number of amides is 1. The number of carbonyl (C=O) groups excluding carboxylic acids is 6. The molecule has 2 saturated heterocycles. The molecule has 2 N–H and O–H groups in total. The number of aliphatic hydroxyl groups is 1. The van der Waals surface area contributed by atoms with E-state index in [9.17, 15) is 33.9 Å². The van der Waals surface area contributed by atoms with Gasteiger partial charge < -0.3 is 62.5 Å². The summed E-state index contributed by atoms with van der Waals surface area (Å²) in [5, 5.41) is 15.0. The molecule has 0 unspecified atom stereocenters. The second-order valence-electron chi connectivity index (χ2n) is 15.7. The van der Waals surface area contributed by atoms with Crippen LogP contribution in [0.5, 0.6) is 0 Å². The molecule has 0 saturated carbocycles. The molecule has 360 valence electrons. The van der Waals surface area contributed by atoms with Crippen LogP contribution in [0.2, 0.25) is 0 Å². The SMILES string of the molecule is CO[C@@H]1O[C@H](COCc2ccc(C)cc2)[C@H](O)[C@H](O[C@]2(C(=O)OCCSC)C[C@H](OC(C)=O)[C@@H](NC(C)=O)[C@H]([C@H](OC(C)=O)[C@@H](COC(C)=O)OC(C)=O)O2)[C@H]1OCc1ccc(C)cc1. The molecular formula is C45H61NO18S. The number of aryl methyl sites for hydroxylation is 2. The molecule has 20 heteroatoms. The zero-order valence-corrected chi connectivity index (χ0v) is 39.0. The van der Waals surface area contributed by atoms with Gasteiger partial charge in [0.05, 0.1) is 32.3 Å². The highest BCUT2D eigenvalue weighted by atomic mass is 32.2. The van der Waals surface area contributed by atoms with Gasteiger partial charge in [-0.25, -0.2) is 4.79 Å². The van der Waals surface area contributed by atoms with Gasteiger partial charge in [-0.3, -0.25) is 24.0 Å². The van der Waals surface area contributed by atoms with Crippen LogP contribution in [0.3, 0.4) is 0 Å². The first kappa shape index (κ1) is 52.9. The molecule has 2 aromatic rings. The van der Waals surface area contributed by atoms with E-state index in [1.165, 1.54) is 18.9 Å². The zero-order chi connectivity index (χ0) is 47.8. The maximum Gasteiger partial charge on any atom is 0.367 e. The van der Waals surface area contributed by atoms with Crippen molar-refractivity contribution in [1.82, 2.24) is 5.32 Å². The number of nitrogens with one attached hydrogen (secondary N) is 1. The van der Waals surface area contributed by atoms with Crippen LogP contribution in [-0.4, -0.2) is 147 Å².